The predicted octanol–water partition coefficient (Wildman–Crippen LogP) is 5.91. The molecule has 3 atom stereocenters. The third-order valence-electron chi connectivity index (χ3n) is 7.57. The third kappa shape index (κ3) is 7.59. The molecule has 2 aliphatic rings. The van der Waals surface area contributed by atoms with Crippen LogP contribution in [0.1, 0.15) is 37.3 Å². The Kier molecular flexibility index (Phi) is 10.3. The van der Waals surface area contributed by atoms with Crippen LogP contribution in [-0.4, -0.2) is 64.8 Å². The average molecular weight is 576 g/mol. The highest BCUT2D eigenvalue weighted by molar-refractivity contribution is 5.61. The summed E-state index contributed by atoms with van der Waals surface area (Å²) in [5, 5.41) is 6.79. The number of rotatable bonds is 13. The molecule has 1 N–H and O–H groups in total. The molecule has 0 radical (unpaired) electrons. The van der Waals surface area contributed by atoms with Gasteiger partial charge in [-0.1, -0.05) is 23.4 Å². The molecule has 42 heavy (non-hydrogen) atoms. The number of ether oxygens (including phenoxy) is 5. The molecule has 0 aromatic heterocycles. The van der Waals surface area contributed by atoms with Crippen molar-refractivity contribution >= 4 is 5.69 Å². The molecule has 1 saturated heterocycles. The van der Waals surface area contributed by atoms with Gasteiger partial charge in [-0.25, -0.2) is 0 Å². The third-order valence-corrected chi connectivity index (χ3v) is 7.57. The fourth-order valence-electron chi connectivity index (χ4n) is 5.57. The van der Waals surface area contributed by atoms with Gasteiger partial charge in [0.15, 0.2) is 0 Å². The largest absolute Gasteiger partial charge is 0.491 e. The van der Waals surface area contributed by atoms with Gasteiger partial charge in [0.1, 0.15) is 35.6 Å². The highest BCUT2D eigenvalue weighted by Gasteiger charge is 2.36. The van der Waals surface area contributed by atoms with Crippen LogP contribution < -0.4 is 24.4 Å². The number of fused-ring (bicyclic) bond motifs is 1. The van der Waals surface area contributed by atoms with Crippen molar-refractivity contribution < 1.29 is 23.7 Å². The lowest BCUT2D eigenvalue weighted by Crippen LogP contribution is -2.48. The molecule has 2 aliphatic heterocycles. The minimum absolute atomic E-state index is 0.117. The molecule has 3 aromatic rings. The lowest BCUT2D eigenvalue weighted by Gasteiger charge is -2.36. The maximum atomic E-state index is 11.9. The number of anilines is 1. The van der Waals surface area contributed by atoms with E-state index in [1.54, 1.807) is 7.11 Å². The zero-order valence-electron chi connectivity index (χ0n) is 24.7. The predicted molar refractivity (Wildman–Crippen MR) is 163 cm³/mol. The SMILES string of the molecule is COCCCN1CCOc2ccc(CO[C@H]3CNC[C@@H](N=O)C3c3ccc(Oc4ccc(OC(C)C)cc4)cc3)cc21. The minimum Gasteiger partial charge on any atom is -0.491 e. The molecule has 1 fully saturated rings. The number of nitroso groups, excluding NO2 is 1. The topological polar surface area (TPSA) is 90.9 Å². The van der Waals surface area contributed by atoms with E-state index in [9.17, 15) is 4.91 Å². The maximum Gasteiger partial charge on any atom is 0.142 e. The first-order valence-corrected chi connectivity index (χ1v) is 14.7. The molecule has 0 aliphatic carbocycles. The zero-order valence-corrected chi connectivity index (χ0v) is 24.7. The number of nitrogens with one attached hydrogen (secondary N) is 1. The highest BCUT2D eigenvalue weighted by Crippen LogP contribution is 2.35. The standard InChI is InChI=1S/C33H41N3O6/c1-23(2)41-26-10-12-28(13-11-26)42-27-8-6-25(7-9-27)33-29(35-37)20-34-21-32(33)40-22-24-5-14-31-30(19-24)36(16-18-39-31)15-4-17-38-3/h5-14,19,23,29,32-34H,4,15-18,20-22H2,1-3H3/t29-,32+,33?/m1/s1. The summed E-state index contributed by atoms with van der Waals surface area (Å²) in [7, 11) is 1.73. The Morgan fingerprint density at radius 2 is 1.74 bits per heavy atom. The molecule has 0 amide bonds. The second kappa shape index (κ2) is 14.5. The van der Waals surface area contributed by atoms with Crippen molar-refractivity contribution in [1.82, 2.24) is 5.32 Å². The minimum atomic E-state index is -0.433. The summed E-state index contributed by atoms with van der Waals surface area (Å²) in [6.07, 6.45) is 0.855. The molecule has 3 aromatic carbocycles. The summed E-state index contributed by atoms with van der Waals surface area (Å²) in [6, 6.07) is 21.2. The van der Waals surface area contributed by atoms with E-state index in [2.05, 4.69) is 21.5 Å². The van der Waals surface area contributed by atoms with Crippen LogP contribution in [0.15, 0.2) is 71.9 Å². The van der Waals surface area contributed by atoms with E-state index >= 15 is 0 Å². The van der Waals surface area contributed by atoms with Crippen LogP contribution >= 0.6 is 0 Å². The summed E-state index contributed by atoms with van der Waals surface area (Å²) in [6.45, 7) is 8.73. The number of methoxy groups -OCH3 is 1. The fourth-order valence-corrected chi connectivity index (χ4v) is 5.57. The van der Waals surface area contributed by atoms with Gasteiger partial charge in [-0.05, 0) is 79.9 Å². The van der Waals surface area contributed by atoms with Crippen molar-refractivity contribution in [3.8, 4) is 23.0 Å². The van der Waals surface area contributed by atoms with Crippen molar-refractivity contribution in [3.63, 3.8) is 0 Å². The van der Waals surface area contributed by atoms with Gasteiger partial charge in [0, 0.05) is 39.3 Å². The Labute approximate surface area is 248 Å². The van der Waals surface area contributed by atoms with Crippen molar-refractivity contribution in [2.75, 3.05) is 51.4 Å². The van der Waals surface area contributed by atoms with Crippen molar-refractivity contribution in [3.05, 3.63) is 82.8 Å². The number of piperidine rings is 1. The Hall–Kier alpha value is -3.66. The zero-order chi connectivity index (χ0) is 29.3. The number of benzene rings is 3. The van der Waals surface area contributed by atoms with E-state index in [1.807, 2.05) is 74.5 Å². The van der Waals surface area contributed by atoms with E-state index in [0.717, 1.165) is 60.2 Å². The second-order valence-corrected chi connectivity index (χ2v) is 11.0. The first kappa shape index (κ1) is 29.8. The van der Waals surface area contributed by atoms with Crippen molar-refractivity contribution in [2.45, 2.75) is 51.0 Å². The summed E-state index contributed by atoms with van der Waals surface area (Å²) in [4.78, 5) is 14.2. The average Bonchev–Trinajstić information content (AvgIpc) is 3.01. The van der Waals surface area contributed by atoms with Crippen LogP contribution in [-0.2, 0) is 16.1 Å². The van der Waals surface area contributed by atoms with Gasteiger partial charge in [-0.15, -0.1) is 0 Å². The van der Waals surface area contributed by atoms with Gasteiger partial charge in [0.2, 0.25) is 0 Å². The highest BCUT2D eigenvalue weighted by atomic mass is 16.5. The first-order chi connectivity index (χ1) is 20.5. The van der Waals surface area contributed by atoms with Gasteiger partial charge in [0.05, 0.1) is 31.0 Å². The van der Waals surface area contributed by atoms with Gasteiger partial charge in [0.25, 0.3) is 0 Å². The molecule has 224 valence electrons. The first-order valence-electron chi connectivity index (χ1n) is 14.7. The Bertz CT molecular complexity index is 1280. The molecule has 5 rings (SSSR count). The molecule has 0 bridgehead atoms. The normalized spacial score (nSPS) is 20.1. The van der Waals surface area contributed by atoms with Crippen LogP contribution in [0.5, 0.6) is 23.0 Å². The Balaban J connectivity index is 1.25. The van der Waals surface area contributed by atoms with Gasteiger partial charge in [-0.2, -0.15) is 4.91 Å². The summed E-state index contributed by atoms with van der Waals surface area (Å²) in [5.41, 5.74) is 3.15. The van der Waals surface area contributed by atoms with Crippen LogP contribution in [0.3, 0.4) is 0 Å². The molecular formula is C33H41N3O6. The lowest BCUT2D eigenvalue weighted by molar-refractivity contribution is 0.00539. The Morgan fingerprint density at radius 1 is 1.00 bits per heavy atom. The molecule has 1 unspecified atom stereocenters. The lowest BCUT2D eigenvalue weighted by atomic mass is 9.84. The number of hydrogen-bond acceptors (Lipinski definition) is 9. The molecule has 0 spiro atoms. The van der Waals surface area contributed by atoms with E-state index in [1.165, 1.54) is 0 Å². The number of hydrogen-bond donors (Lipinski definition) is 1. The number of nitrogens with zero attached hydrogens (tertiary/aromatic N) is 2. The summed E-state index contributed by atoms with van der Waals surface area (Å²) >= 11 is 0. The van der Waals surface area contributed by atoms with E-state index < -0.39 is 6.04 Å². The molecular weight excluding hydrogens is 534 g/mol. The molecule has 2 heterocycles. The summed E-state index contributed by atoms with van der Waals surface area (Å²) < 4.78 is 29.4. The second-order valence-electron chi connectivity index (χ2n) is 11.0. The van der Waals surface area contributed by atoms with Crippen molar-refractivity contribution in [1.29, 1.82) is 0 Å². The van der Waals surface area contributed by atoms with E-state index in [-0.39, 0.29) is 18.1 Å². The maximum absolute atomic E-state index is 11.9. The van der Waals surface area contributed by atoms with E-state index in [0.29, 0.717) is 32.1 Å². The fraction of sp³-hybridized carbons (Fsp3) is 0.455. The van der Waals surface area contributed by atoms with Crippen LogP contribution in [0, 0.1) is 4.91 Å². The summed E-state index contributed by atoms with van der Waals surface area (Å²) in [5.74, 6) is 2.97. The van der Waals surface area contributed by atoms with Gasteiger partial charge >= 0.3 is 0 Å². The van der Waals surface area contributed by atoms with Gasteiger partial charge in [-0.3, -0.25) is 0 Å². The van der Waals surface area contributed by atoms with Gasteiger partial charge < -0.3 is 33.9 Å². The molecule has 9 heteroatoms. The monoisotopic (exact) mass is 575 g/mol. The quantitative estimate of drug-likeness (QED) is 0.199. The Morgan fingerprint density at radius 3 is 2.45 bits per heavy atom. The van der Waals surface area contributed by atoms with Crippen LogP contribution in [0.25, 0.3) is 0 Å². The van der Waals surface area contributed by atoms with E-state index in [4.69, 9.17) is 23.7 Å². The molecule has 9 nitrogen and oxygen atoms in total. The smallest absolute Gasteiger partial charge is 0.142 e. The van der Waals surface area contributed by atoms with Crippen LogP contribution in [0.4, 0.5) is 5.69 Å². The van der Waals surface area contributed by atoms with Crippen molar-refractivity contribution in [2.24, 2.45) is 5.18 Å². The van der Waals surface area contributed by atoms with Crippen LogP contribution in [0.2, 0.25) is 0 Å². The molecule has 0 saturated carbocycles.